The van der Waals surface area contributed by atoms with E-state index in [0.29, 0.717) is 16.6 Å². The Morgan fingerprint density at radius 3 is 2.56 bits per heavy atom. The van der Waals surface area contributed by atoms with Crippen LogP contribution in [0.15, 0.2) is 70.6 Å². The van der Waals surface area contributed by atoms with Gasteiger partial charge < -0.3 is 9.55 Å². The van der Waals surface area contributed by atoms with E-state index in [0.717, 1.165) is 23.4 Å². The largest absolute Gasteiger partial charge is 0.323 e. The zero-order valence-corrected chi connectivity index (χ0v) is 16.4. The van der Waals surface area contributed by atoms with Crippen molar-refractivity contribution < 1.29 is 0 Å². The van der Waals surface area contributed by atoms with Crippen LogP contribution in [0.5, 0.6) is 0 Å². The van der Waals surface area contributed by atoms with Crippen LogP contribution in [-0.4, -0.2) is 19.5 Å². The van der Waals surface area contributed by atoms with Gasteiger partial charge in [-0.3, -0.25) is 4.79 Å². The molecule has 2 aromatic heterocycles. The lowest BCUT2D eigenvalue weighted by Crippen LogP contribution is -2.09. The molecule has 1 N–H and O–H groups in total. The second-order valence-electron chi connectivity index (χ2n) is 6.07. The van der Waals surface area contributed by atoms with Gasteiger partial charge in [-0.15, -0.1) is 12.4 Å². The summed E-state index contributed by atoms with van der Waals surface area (Å²) in [6.45, 7) is 2.58. The van der Waals surface area contributed by atoms with Gasteiger partial charge in [-0.05, 0) is 24.6 Å². The quantitative estimate of drug-likeness (QED) is 0.404. The summed E-state index contributed by atoms with van der Waals surface area (Å²) in [6, 6.07) is 20.0. The third-order valence-corrected chi connectivity index (χ3v) is 4.97. The molecule has 0 spiro atoms. The fourth-order valence-electron chi connectivity index (χ4n) is 2.93. The molecule has 7 heteroatoms. The molecule has 0 aliphatic carbocycles. The predicted octanol–water partition coefficient (Wildman–Crippen LogP) is 4.19. The smallest absolute Gasteiger partial charge is 0.251 e. The molecule has 0 saturated heterocycles. The maximum Gasteiger partial charge on any atom is 0.251 e. The highest BCUT2D eigenvalue weighted by molar-refractivity contribution is 7.98. The van der Waals surface area contributed by atoms with Crippen LogP contribution in [0, 0.1) is 6.92 Å². The van der Waals surface area contributed by atoms with Crippen molar-refractivity contribution in [2.24, 2.45) is 0 Å². The van der Waals surface area contributed by atoms with Gasteiger partial charge in [0.25, 0.3) is 5.56 Å². The number of hydrogen-bond acceptors (Lipinski definition) is 4. The normalized spacial score (nSPS) is 10.7. The molecular formula is C20H19ClN4OS. The number of hydrogen-bond donors (Lipinski definition) is 1. The molecule has 0 amide bonds. The SMILES string of the molecule is Cc1cc(=O)[nH]c(SCc2nc3ccccc3n2Cc2ccccc2)n1.Cl. The fraction of sp³-hybridized carbons (Fsp3) is 0.150. The summed E-state index contributed by atoms with van der Waals surface area (Å²) in [5.74, 6) is 1.60. The van der Waals surface area contributed by atoms with E-state index in [9.17, 15) is 4.79 Å². The highest BCUT2D eigenvalue weighted by Gasteiger charge is 2.12. The number of aromatic amines is 1. The molecule has 0 bridgehead atoms. The van der Waals surface area contributed by atoms with Gasteiger partial charge in [-0.25, -0.2) is 9.97 Å². The van der Waals surface area contributed by atoms with Crippen LogP contribution >= 0.6 is 24.2 Å². The van der Waals surface area contributed by atoms with Gasteiger partial charge in [-0.1, -0.05) is 54.2 Å². The molecule has 0 unspecified atom stereocenters. The number of fused-ring (bicyclic) bond motifs is 1. The predicted molar refractivity (Wildman–Crippen MR) is 112 cm³/mol. The summed E-state index contributed by atoms with van der Waals surface area (Å²) in [5, 5.41) is 0.619. The zero-order valence-electron chi connectivity index (χ0n) is 14.8. The Labute approximate surface area is 167 Å². The van der Waals surface area contributed by atoms with E-state index in [1.165, 1.54) is 23.4 Å². The second-order valence-corrected chi connectivity index (χ2v) is 7.03. The third-order valence-electron chi connectivity index (χ3n) is 4.10. The first kappa shape index (κ1) is 19.2. The fourth-order valence-corrected chi connectivity index (χ4v) is 3.80. The minimum atomic E-state index is -0.127. The van der Waals surface area contributed by atoms with Gasteiger partial charge in [0.1, 0.15) is 5.82 Å². The van der Waals surface area contributed by atoms with Crippen molar-refractivity contribution in [3.8, 4) is 0 Å². The van der Waals surface area contributed by atoms with Crippen molar-refractivity contribution in [2.75, 3.05) is 0 Å². The molecular weight excluding hydrogens is 380 g/mol. The molecule has 138 valence electrons. The molecule has 5 nitrogen and oxygen atoms in total. The van der Waals surface area contributed by atoms with Crippen molar-refractivity contribution in [1.29, 1.82) is 0 Å². The van der Waals surface area contributed by atoms with E-state index in [-0.39, 0.29) is 18.0 Å². The van der Waals surface area contributed by atoms with Gasteiger partial charge >= 0.3 is 0 Å². The number of aromatic nitrogens is 4. The van der Waals surface area contributed by atoms with Gasteiger partial charge in [-0.2, -0.15) is 0 Å². The average Bonchev–Trinajstić information content (AvgIpc) is 2.98. The highest BCUT2D eigenvalue weighted by atomic mass is 35.5. The Morgan fingerprint density at radius 1 is 1.04 bits per heavy atom. The van der Waals surface area contributed by atoms with Gasteiger partial charge in [0.05, 0.1) is 16.8 Å². The zero-order chi connectivity index (χ0) is 17.9. The van der Waals surface area contributed by atoms with Gasteiger partial charge in [0.15, 0.2) is 5.16 Å². The molecule has 0 aliphatic rings. The summed E-state index contributed by atoms with van der Waals surface area (Å²) in [5.41, 5.74) is 3.90. The standard InChI is InChI=1S/C20H18N4OS.ClH/c1-14-11-19(25)23-20(21-14)26-13-18-22-16-9-5-6-10-17(16)24(18)12-15-7-3-2-4-8-15;/h2-11H,12-13H2,1H3,(H,21,23,25);1H. The Morgan fingerprint density at radius 2 is 1.78 bits per heavy atom. The first-order valence-electron chi connectivity index (χ1n) is 8.38. The van der Waals surface area contributed by atoms with Crippen LogP contribution in [-0.2, 0) is 12.3 Å². The van der Waals surface area contributed by atoms with Crippen LogP contribution in [0.3, 0.4) is 0 Å². The van der Waals surface area contributed by atoms with Crippen molar-refractivity contribution in [1.82, 2.24) is 19.5 Å². The summed E-state index contributed by atoms with van der Waals surface area (Å²) < 4.78 is 2.23. The lowest BCUT2D eigenvalue weighted by molar-refractivity contribution is 0.779. The number of halogens is 1. The van der Waals surface area contributed by atoms with E-state index >= 15 is 0 Å². The first-order chi connectivity index (χ1) is 12.7. The van der Waals surface area contributed by atoms with E-state index < -0.39 is 0 Å². The minimum Gasteiger partial charge on any atom is -0.323 e. The molecule has 2 aromatic carbocycles. The topological polar surface area (TPSA) is 63.6 Å². The maximum atomic E-state index is 11.6. The Balaban J connectivity index is 0.00000210. The monoisotopic (exact) mass is 398 g/mol. The number of nitrogens with zero attached hydrogens (tertiary/aromatic N) is 3. The number of aryl methyl sites for hydroxylation is 1. The molecule has 4 rings (SSSR count). The second kappa shape index (κ2) is 8.41. The molecule has 2 heterocycles. The Kier molecular flexibility index (Phi) is 5.98. The molecule has 27 heavy (non-hydrogen) atoms. The number of H-pyrrole nitrogens is 1. The third kappa shape index (κ3) is 4.40. The van der Waals surface area contributed by atoms with Crippen molar-refractivity contribution in [2.45, 2.75) is 24.4 Å². The first-order valence-corrected chi connectivity index (χ1v) is 9.36. The lowest BCUT2D eigenvalue weighted by atomic mass is 10.2. The maximum absolute atomic E-state index is 11.6. The Hall–Kier alpha value is -2.57. The van der Waals surface area contributed by atoms with Crippen LogP contribution < -0.4 is 5.56 Å². The molecule has 0 fully saturated rings. The van der Waals surface area contributed by atoms with Crippen molar-refractivity contribution >= 4 is 35.2 Å². The average molecular weight is 399 g/mol. The van der Waals surface area contributed by atoms with Crippen LogP contribution in [0.25, 0.3) is 11.0 Å². The summed E-state index contributed by atoms with van der Waals surface area (Å²) in [6.07, 6.45) is 0. The number of rotatable bonds is 5. The molecule has 0 atom stereocenters. The minimum absolute atomic E-state index is 0. The lowest BCUT2D eigenvalue weighted by Gasteiger charge is -2.09. The van der Waals surface area contributed by atoms with Crippen LogP contribution in [0.2, 0.25) is 0 Å². The van der Waals surface area contributed by atoms with Crippen molar-refractivity contribution in [3.05, 3.63) is 88.1 Å². The molecule has 0 saturated carbocycles. The number of para-hydroxylation sites is 2. The van der Waals surface area contributed by atoms with E-state index in [1.807, 2.05) is 43.3 Å². The number of benzene rings is 2. The van der Waals surface area contributed by atoms with Crippen LogP contribution in [0.1, 0.15) is 17.1 Å². The van der Waals surface area contributed by atoms with Crippen LogP contribution in [0.4, 0.5) is 0 Å². The van der Waals surface area contributed by atoms with Gasteiger partial charge in [0, 0.05) is 18.3 Å². The summed E-state index contributed by atoms with van der Waals surface area (Å²) in [7, 11) is 0. The van der Waals surface area contributed by atoms with Gasteiger partial charge in [0.2, 0.25) is 0 Å². The highest BCUT2D eigenvalue weighted by Crippen LogP contribution is 2.23. The van der Waals surface area contributed by atoms with E-state index in [1.54, 1.807) is 0 Å². The number of imidazole rings is 1. The molecule has 0 radical (unpaired) electrons. The number of nitrogens with one attached hydrogen (secondary N) is 1. The summed E-state index contributed by atoms with van der Waals surface area (Å²) >= 11 is 1.49. The molecule has 0 aliphatic heterocycles. The molecule has 4 aromatic rings. The van der Waals surface area contributed by atoms with E-state index in [2.05, 4.69) is 32.7 Å². The number of thioether (sulfide) groups is 1. The van der Waals surface area contributed by atoms with E-state index in [4.69, 9.17) is 4.98 Å². The summed E-state index contributed by atoms with van der Waals surface area (Å²) in [4.78, 5) is 23.6. The Bertz CT molecular complexity index is 1110. The van der Waals surface area contributed by atoms with Crippen molar-refractivity contribution in [3.63, 3.8) is 0 Å².